The topological polar surface area (TPSA) is 21.3 Å². The van der Waals surface area contributed by atoms with Crippen molar-refractivity contribution in [1.29, 1.82) is 0 Å². The second-order valence-electron chi connectivity index (χ2n) is 3.14. The second kappa shape index (κ2) is 6.56. The van der Waals surface area contributed by atoms with E-state index in [1.54, 1.807) is 7.11 Å². The van der Waals surface area contributed by atoms with Gasteiger partial charge in [-0.2, -0.15) is 0 Å². The number of thiophene rings is 1. The standard InChI is InChI=1S/C10H16BrNOS/c1-8-10(11)6-9(14-8)7-12-4-3-5-13-2/h6,12H,3-5,7H2,1-2H3. The van der Waals surface area contributed by atoms with E-state index in [2.05, 4.69) is 34.2 Å². The Morgan fingerprint density at radius 1 is 1.57 bits per heavy atom. The molecule has 0 unspecified atom stereocenters. The Morgan fingerprint density at radius 3 is 2.93 bits per heavy atom. The molecule has 2 nitrogen and oxygen atoms in total. The summed E-state index contributed by atoms with van der Waals surface area (Å²) < 4.78 is 6.19. The molecule has 4 heteroatoms. The molecule has 0 aromatic carbocycles. The molecule has 0 saturated carbocycles. The molecule has 1 aromatic heterocycles. The van der Waals surface area contributed by atoms with Gasteiger partial charge in [0, 0.05) is 34.5 Å². The molecule has 0 radical (unpaired) electrons. The summed E-state index contributed by atoms with van der Waals surface area (Å²) in [6, 6.07) is 2.18. The van der Waals surface area contributed by atoms with Gasteiger partial charge in [-0.15, -0.1) is 11.3 Å². The van der Waals surface area contributed by atoms with Gasteiger partial charge in [0.1, 0.15) is 0 Å². The van der Waals surface area contributed by atoms with Gasteiger partial charge < -0.3 is 10.1 Å². The van der Waals surface area contributed by atoms with Gasteiger partial charge in [0.25, 0.3) is 0 Å². The monoisotopic (exact) mass is 277 g/mol. The van der Waals surface area contributed by atoms with Gasteiger partial charge >= 0.3 is 0 Å². The fourth-order valence-corrected chi connectivity index (χ4v) is 2.73. The predicted molar refractivity (Wildman–Crippen MR) is 65.0 cm³/mol. The van der Waals surface area contributed by atoms with Crippen molar-refractivity contribution in [2.24, 2.45) is 0 Å². The van der Waals surface area contributed by atoms with E-state index < -0.39 is 0 Å². The molecule has 14 heavy (non-hydrogen) atoms. The first-order valence-corrected chi connectivity index (χ1v) is 6.29. The first-order valence-electron chi connectivity index (χ1n) is 4.68. The molecule has 0 fully saturated rings. The number of hydrogen-bond acceptors (Lipinski definition) is 3. The number of halogens is 1. The van der Waals surface area contributed by atoms with Crippen LogP contribution in [0.2, 0.25) is 0 Å². The van der Waals surface area contributed by atoms with Crippen LogP contribution in [-0.4, -0.2) is 20.3 Å². The van der Waals surface area contributed by atoms with Crippen molar-refractivity contribution in [3.05, 3.63) is 20.3 Å². The lowest BCUT2D eigenvalue weighted by atomic mass is 10.4. The van der Waals surface area contributed by atoms with Gasteiger partial charge in [-0.25, -0.2) is 0 Å². The third-order valence-corrected chi connectivity index (χ3v) is 4.05. The normalized spacial score (nSPS) is 10.8. The van der Waals surface area contributed by atoms with Crippen LogP contribution in [0, 0.1) is 6.92 Å². The van der Waals surface area contributed by atoms with Gasteiger partial charge in [0.15, 0.2) is 0 Å². The number of methoxy groups -OCH3 is 1. The van der Waals surface area contributed by atoms with E-state index in [1.807, 2.05) is 11.3 Å². The highest BCUT2D eigenvalue weighted by atomic mass is 79.9. The van der Waals surface area contributed by atoms with Crippen LogP contribution in [0.1, 0.15) is 16.2 Å². The summed E-state index contributed by atoms with van der Waals surface area (Å²) in [6.07, 6.45) is 1.07. The summed E-state index contributed by atoms with van der Waals surface area (Å²) in [5.41, 5.74) is 0. The molecule has 0 aliphatic rings. The lowest BCUT2D eigenvalue weighted by Crippen LogP contribution is -2.15. The van der Waals surface area contributed by atoms with Crippen LogP contribution in [0.5, 0.6) is 0 Å². The van der Waals surface area contributed by atoms with E-state index in [-0.39, 0.29) is 0 Å². The Hall–Kier alpha value is 0.1000. The molecule has 0 aliphatic heterocycles. The summed E-state index contributed by atoms with van der Waals surface area (Å²) in [6.45, 7) is 4.94. The maximum Gasteiger partial charge on any atom is 0.0474 e. The first kappa shape index (κ1) is 12.2. The predicted octanol–water partition coefficient (Wildman–Crippen LogP) is 2.95. The van der Waals surface area contributed by atoms with Crippen molar-refractivity contribution in [2.45, 2.75) is 19.9 Å². The smallest absolute Gasteiger partial charge is 0.0474 e. The van der Waals surface area contributed by atoms with E-state index in [9.17, 15) is 0 Å². The third-order valence-electron chi connectivity index (χ3n) is 1.91. The minimum atomic E-state index is 0.833. The zero-order chi connectivity index (χ0) is 10.4. The van der Waals surface area contributed by atoms with Gasteiger partial charge in [0.2, 0.25) is 0 Å². The number of ether oxygens (including phenoxy) is 1. The van der Waals surface area contributed by atoms with E-state index >= 15 is 0 Å². The number of aryl methyl sites for hydroxylation is 1. The molecule has 0 amide bonds. The Labute approximate surface area is 97.8 Å². The summed E-state index contributed by atoms with van der Waals surface area (Å²) in [5.74, 6) is 0. The highest BCUT2D eigenvalue weighted by molar-refractivity contribution is 9.10. The van der Waals surface area contributed by atoms with Crippen molar-refractivity contribution in [1.82, 2.24) is 5.32 Å². The van der Waals surface area contributed by atoms with Crippen molar-refractivity contribution in [2.75, 3.05) is 20.3 Å². The van der Waals surface area contributed by atoms with Gasteiger partial charge in [-0.3, -0.25) is 0 Å². The lowest BCUT2D eigenvalue weighted by molar-refractivity contribution is 0.194. The summed E-state index contributed by atoms with van der Waals surface area (Å²) >= 11 is 5.35. The van der Waals surface area contributed by atoms with Gasteiger partial charge in [-0.1, -0.05) is 0 Å². The maximum atomic E-state index is 4.97. The summed E-state index contributed by atoms with van der Waals surface area (Å²) in [4.78, 5) is 2.73. The number of hydrogen-bond donors (Lipinski definition) is 1. The Bertz CT molecular complexity index is 256. The van der Waals surface area contributed by atoms with Crippen molar-refractivity contribution >= 4 is 27.3 Å². The Morgan fingerprint density at radius 2 is 2.36 bits per heavy atom. The first-order chi connectivity index (χ1) is 6.74. The molecule has 80 valence electrons. The minimum absolute atomic E-state index is 0.833. The summed E-state index contributed by atoms with van der Waals surface area (Å²) in [7, 11) is 1.74. The van der Waals surface area contributed by atoms with E-state index in [1.165, 1.54) is 14.2 Å². The molecule has 0 saturated heterocycles. The molecule has 1 rings (SSSR count). The maximum absolute atomic E-state index is 4.97. The number of nitrogens with one attached hydrogen (secondary N) is 1. The van der Waals surface area contributed by atoms with E-state index in [0.29, 0.717) is 0 Å². The quantitative estimate of drug-likeness (QED) is 0.808. The van der Waals surface area contributed by atoms with Crippen LogP contribution in [0.4, 0.5) is 0 Å². The van der Waals surface area contributed by atoms with Crippen molar-refractivity contribution < 1.29 is 4.74 Å². The van der Waals surface area contributed by atoms with Crippen LogP contribution in [0.25, 0.3) is 0 Å². The molecule has 0 aliphatic carbocycles. The molecule has 0 spiro atoms. The van der Waals surface area contributed by atoms with E-state index in [0.717, 1.165) is 26.1 Å². The van der Waals surface area contributed by atoms with Gasteiger partial charge in [-0.05, 0) is 41.9 Å². The van der Waals surface area contributed by atoms with Crippen molar-refractivity contribution in [3.8, 4) is 0 Å². The fourth-order valence-electron chi connectivity index (χ4n) is 1.16. The molecule has 1 N–H and O–H groups in total. The van der Waals surface area contributed by atoms with Crippen molar-refractivity contribution in [3.63, 3.8) is 0 Å². The molecule has 1 heterocycles. The lowest BCUT2D eigenvalue weighted by Gasteiger charge is -2.01. The van der Waals surface area contributed by atoms with Crippen LogP contribution in [-0.2, 0) is 11.3 Å². The Kier molecular flexibility index (Phi) is 5.70. The summed E-state index contributed by atoms with van der Waals surface area (Å²) in [5, 5.41) is 3.39. The number of rotatable bonds is 6. The average molecular weight is 278 g/mol. The average Bonchev–Trinajstić information content (AvgIpc) is 2.46. The zero-order valence-electron chi connectivity index (χ0n) is 8.60. The highest BCUT2D eigenvalue weighted by Crippen LogP contribution is 2.25. The largest absolute Gasteiger partial charge is 0.385 e. The molecule has 0 atom stereocenters. The highest BCUT2D eigenvalue weighted by Gasteiger charge is 2.01. The molecule has 0 bridgehead atoms. The van der Waals surface area contributed by atoms with Crippen LogP contribution < -0.4 is 5.32 Å². The zero-order valence-corrected chi connectivity index (χ0v) is 11.0. The van der Waals surface area contributed by atoms with Crippen LogP contribution >= 0.6 is 27.3 Å². The Balaban J connectivity index is 2.18. The third kappa shape index (κ3) is 4.09. The van der Waals surface area contributed by atoms with Gasteiger partial charge in [0.05, 0.1) is 0 Å². The fraction of sp³-hybridized carbons (Fsp3) is 0.600. The van der Waals surface area contributed by atoms with Crippen LogP contribution in [0.15, 0.2) is 10.5 Å². The SMILES string of the molecule is COCCCNCc1cc(Br)c(C)s1. The van der Waals surface area contributed by atoms with Crippen LogP contribution in [0.3, 0.4) is 0 Å². The minimum Gasteiger partial charge on any atom is -0.385 e. The van der Waals surface area contributed by atoms with E-state index in [4.69, 9.17) is 4.74 Å². The molecular formula is C10H16BrNOS. The molecular weight excluding hydrogens is 262 g/mol. The second-order valence-corrected chi connectivity index (χ2v) is 5.34. The molecule has 1 aromatic rings.